The molecule has 0 heterocycles. The van der Waals surface area contributed by atoms with Gasteiger partial charge in [0.05, 0.1) is 7.05 Å². The number of ketones is 1. The molecule has 0 aliphatic heterocycles. The fourth-order valence-electron chi connectivity index (χ4n) is 2.57. The van der Waals surface area contributed by atoms with Crippen LogP contribution in [0.5, 0.6) is 5.75 Å². The van der Waals surface area contributed by atoms with Gasteiger partial charge in [0.15, 0.2) is 18.9 Å². The summed E-state index contributed by atoms with van der Waals surface area (Å²) < 4.78 is 5.28. The van der Waals surface area contributed by atoms with Gasteiger partial charge in [-0.3, -0.25) is 9.59 Å². The lowest BCUT2D eigenvalue weighted by Crippen LogP contribution is -3.11. The van der Waals surface area contributed by atoms with Crippen molar-refractivity contribution in [3.8, 4) is 5.75 Å². The average molecular weight is 404 g/mol. The molecule has 2 aromatic carbocycles. The van der Waals surface area contributed by atoms with Gasteiger partial charge in [0, 0.05) is 22.2 Å². The van der Waals surface area contributed by atoms with E-state index in [-0.39, 0.29) is 30.8 Å². The van der Waals surface area contributed by atoms with Crippen molar-refractivity contribution in [2.45, 2.75) is 19.9 Å². The first-order chi connectivity index (χ1) is 13.2. The van der Waals surface area contributed by atoms with Crippen LogP contribution in [0.4, 0.5) is 0 Å². The van der Waals surface area contributed by atoms with Crippen molar-refractivity contribution in [3.63, 3.8) is 0 Å². The van der Waals surface area contributed by atoms with E-state index in [1.54, 1.807) is 55.6 Å². The Hall–Kier alpha value is -2.70. The molecule has 0 saturated carbocycles. The zero-order valence-corrected chi connectivity index (χ0v) is 16.9. The molecule has 2 rings (SSSR count). The monoisotopic (exact) mass is 403 g/mol. The van der Waals surface area contributed by atoms with Crippen LogP contribution >= 0.6 is 11.6 Å². The SMILES string of the molecule is CC(C)NC(=O)C[NH+](C)CC(=O)Oc1ccc(C(=O)c2ccc(Cl)cc2)cc1. The molecule has 148 valence electrons. The molecule has 0 aliphatic rings. The van der Waals surface area contributed by atoms with E-state index in [1.807, 2.05) is 13.8 Å². The zero-order chi connectivity index (χ0) is 20.7. The van der Waals surface area contributed by atoms with Gasteiger partial charge in [-0.05, 0) is 62.4 Å². The second-order valence-electron chi connectivity index (χ2n) is 6.87. The Kier molecular flexibility index (Phi) is 7.72. The summed E-state index contributed by atoms with van der Waals surface area (Å²) in [7, 11) is 1.75. The number of halogens is 1. The van der Waals surface area contributed by atoms with E-state index in [1.165, 1.54) is 0 Å². The summed E-state index contributed by atoms with van der Waals surface area (Å²) in [5, 5.41) is 3.34. The number of carbonyl (C=O) groups excluding carboxylic acids is 3. The van der Waals surface area contributed by atoms with E-state index in [0.29, 0.717) is 21.9 Å². The summed E-state index contributed by atoms with van der Waals surface area (Å²) in [6.07, 6.45) is 0. The first kappa shape index (κ1) is 21.6. The Morgan fingerprint density at radius 3 is 2.04 bits per heavy atom. The van der Waals surface area contributed by atoms with Gasteiger partial charge >= 0.3 is 5.97 Å². The fourth-order valence-corrected chi connectivity index (χ4v) is 2.69. The van der Waals surface area contributed by atoms with Crippen LogP contribution in [0.1, 0.15) is 29.8 Å². The minimum atomic E-state index is -0.452. The van der Waals surface area contributed by atoms with Crippen molar-refractivity contribution in [2.24, 2.45) is 0 Å². The van der Waals surface area contributed by atoms with Crippen molar-refractivity contribution < 1.29 is 24.0 Å². The highest BCUT2D eigenvalue weighted by Gasteiger charge is 2.16. The summed E-state index contributed by atoms with van der Waals surface area (Å²) in [6, 6.07) is 13.0. The maximum atomic E-state index is 12.4. The molecule has 7 heteroatoms. The Morgan fingerprint density at radius 1 is 0.964 bits per heavy atom. The van der Waals surface area contributed by atoms with E-state index >= 15 is 0 Å². The van der Waals surface area contributed by atoms with Crippen molar-refractivity contribution >= 4 is 29.3 Å². The molecule has 0 radical (unpaired) electrons. The number of esters is 1. The molecule has 28 heavy (non-hydrogen) atoms. The predicted molar refractivity (Wildman–Crippen MR) is 107 cm³/mol. The number of quaternary nitrogens is 1. The van der Waals surface area contributed by atoms with Crippen molar-refractivity contribution in [2.75, 3.05) is 20.1 Å². The van der Waals surface area contributed by atoms with E-state index in [0.717, 1.165) is 4.90 Å². The first-order valence-corrected chi connectivity index (χ1v) is 9.34. The van der Waals surface area contributed by atoms with Gasteiger partial charge in [-0.1, -0.05) is 11.6 Å². The minimum Gasteiger partial charge on any atom is -0.422 e. The quantitative estimate of drug-likeness (QED) is 0.398. The number of ether oxygens (including phenoxy) is 1. The molecule has 6 nitrogen and oxygen atoms in total. The molecular formula is C21H24ClN2O4+. The van der Waals surface area contributed by atoms with E-state index < -0.39 is 5.97 Å². The Labute approximate surface area is 169 Å². The zero-order valence-electron chi connectivity index (χ0n) is 16.1. The molecule has 1 amide bonds. The number of hydrogen-bond acceptors (Lipinski definition) is 4. The van der Waals surface area contributed by atoms with E-state index in [9.17, 15) is 14.4 Å². The standard InChI is InChI=1S/C21H23ClN2O4/c1-14(2)23-19(25)12-24(3)13-20(26)28-18-10-6-16(7-11-18)21(27)15-4-8-17(22)9-5-15/h4-11,14H,12-13H2,1-3H3,(H,23,25)/p+1. The maximum absolute atomic E-state index is 12.4. The highest BCUT2D eigenvalue weighted by Crippen LogP contribution is 2.17. The number of carbonyl (C=O) groups is 3. The number of rotatable bonds is 8. The summed E-state index contributed by atoms with van der Waals surface area (Å²) in [4.78, 5) is 36.9. The molecular weight excluding hydrogens is 380 g/mol. The Morgan fingerprint density at radius 2 is 1.50 bits per heavy atom. The summed E-state index contributed by atoms with van der Waals surface area (Å²) in [5.41, 5.74) is 1.01. The van der Waals surface area contributed by atoms with Crippen molar-refractivity contribution in [3.05, 3.63) is 64.7 Å². The van der Waals surface area contributed by atoms with Crippen molar-refractivity contribution in [1.82, 2.24) is 5.32 Å². The van der Waals surface area contributed by atoms with Gasteiger partial charge in [-0.15, -0.1) is 0 Å². The number of amides is 1. The van der Waals surface area contributed by atoms with Crippen LogP contribution in [-0.2, 0) is 9.59 Å². The molecule has 0 fully saturated rings. The average Bonchev–Trinajstić information content (AvgIpc) is 2.61. The van der Waals surface area contributed by atoms with Crippen LogP contribution in [0, 0.1) is 0 Å². The molecule has 1 atom stereocenters. The highest BCUT2D eigenvalue weighted by molar-refractivity contribution is 6.30. The molecule has 0 bridgehead atoms. The third kappa shape index (κ3) is 6.79. The van der Waals surface area contributed by atoms with Gasteiger partial charge < -0.3 is 15.0 Å². The van der Waals surface area contributed by atoms with Crippen LogP contribution in [0.15, 0.2) is 48.5 Å². The van der Waals surface area contributed by atoms with Crippen LogP contribution in [0.25, 0.3) is 0 Å². The van der Waals surface area contributed by atoms with Gasteiger partial charge in [-0.25, -0.2) is 4.79 Å². The number of benzene rings is 2. The molecule has 0 spiro atoms. The summed E-state index contributed by atoms with van der Waals surface area (Å²) in [5.74, 6) is -0.371. The second-order valence-corrected chi connectivity index (χ2v) is 7.30. The molecule has 2 aromatic rings. The topological polar surface area (TPSA) is 76.9 Å². The third-order valence-corrected chi connectivity index (χ3v) is 4.06. The maximum Gasteiger partial charge on any atom is 0.367 e. The van der Waals surface area contributed by atoms with Crippen LogP contribution in [0.2, 0.25) is 5.02 Å². The second kappa shape index (κ2) is 10.0. The van der Waals surface area contributed by atoms with E-state index in [4.69, 9.17) is 16.3 Å². The Bertz CT molecular complexity index is 832. The number of likely N-dealkylation sites (N-methyl/N-ethyl adjacent to an activating group) is 1. The van der Waals surface area contributed by atoms with Crippen molar-refractivity contribution in [1.29, 1.82) is 0 Å². The molecule has 0 aromatic heterocycles. The number of nitrogens with one attached hydrogen (secondary N) is 2. The largest absolute Gasteiger partial charge is 0.422 e. The summed E-state index contributed by atoms with van der Waals surface area (Å²) in [6.45, 7) is 3.99. The minimum absolute atomic E-state index is 0.0526. The molecule has 1 unspecified atom stereocenters. The molecule has 0 saturated heterocycles. The molecule has 0 aliphatic carbocycles. The van der Waals surface area contributed by atoms with Crippen LogP contribution in [-0.4, -0.2) is 43.8 Å². The smallest absolute Gasteiger partial charge is 0.367 e. The lowest BCUT2D eigenvalue weighted by molar-refractivity contribution is -0.863. The lowest BCUT2D eigenvalue weighted by atomic mass is 10.0. The Balaban J connectivity index is 1.89. The highest BCUT2D eigenvalue weighted by atomic mass is 35.5. The van der Waals surface area contributed by atoms with Gasteiger partial charge in [0.25, 0.3) is 5.91 Å². The normalized spacial score (nSPS) is 11.8. The van der Waals surface area contributed by atoms with E-state index in [2.05, 4.69) is 5.32 Å². The summed E-state index contributed by atoms with van der Waals surface area (Å²) >= 11 is 5.83. The van der Waals surface area contributed by atoms with Gasteiger partial charge in [-0.2, -0.15) is 0 Å². The van der Waals surface area contributed by atoms with Crippen LogP contribution in [0.3, 0.4) is 0 Å². The predicted octanol–water partition coefficient (Wildman–Crippen LogP) is 1.52. The van der Waals surface area contributed by atoms with Crippen LogP contribution < -0.4 is 15.0 Å². The van der Waals surface area contributed by atoms with Gasteiger partial charge in [0.1, 0.15) is 5.75 Å². The lowest BCUT2D eigenvalue weighted by Gasteiger charge is -2.14. The molecule has 2 N–H and O–H groups in total. The van der Waals surface area contributed by atoms with Gasteiger partial charge in [0.2, 0.25) is 0 Å². The fraction of sp³-hybridized carbons (Fsp3) is 0.286. The number of hydrogen-bond donors (Lipinski definition) is 2. The third-order valence-electron chi connectivity index (χ3n) is 3.81. The first-order valence-electron chi connectivity index (χ1n) is 8.96.